The molecule has 1 fully saturated rings. The highest BCUT2D eigenvalue weighted by Crippen LogP contribution is 2.36. The Bertz CT molecular complexity index is 975. The van der Waals surface area contributed by atoms with Gasteiger partial charge < -0.3 is 15.1 Å². The molecule has 0 radical (unpaired) electrons. The summed E-state index contributed by atoms with van der Waals surface area (Å²) in [5, 5.41) is 3.28. The molecule has 0 spiro atoms. The van der Waals surface area contributed by atoms with Crippen molar-refractivity contribution in [2.24, 2.45) is 0 Å². The molecular formula is C21H20ClN3O3S. The molecule has 2 aromatic carbocycles. The molecule has 2 aliphatic heterocycles. The molecule has 2 aliphatic rings. The number of fused-ring (bicyclic) bond motifs is 1. The number of likely N-dealkylation sites (tertiary alicyclic amines) is 1. The fourth-order valence-electron chi connectivity index (χ4n) is 3.52. The Balaban J connectivity index is 1.55. The van der Waals surface area contributed by atoms with Crippen molar-refractivity contribution in [1.29, 1.82) is 0 Å². The summed E-state index contributed by atoms with van der Waals surface area (Å²) in [5.74, 6) is -0.252. The number of thioether (sulfide) groups is 1. The van der Waals surface area contributed by atoms with E-state index in [-0.39, 0.29) is 30.0 Å². The van der Waals surface area contributed by atoms with Crippen LogP contribution >= 0.6 is 23.4 Å². The van der Waals surface area contributed by atoms with Gasteiger partial charge >= 0.3 is 0 Å². The second kappa shape index (κ2) is 8.47. The van der Waals surface area contributed by atoms with Crippen LogP contribution < -0.4 is 10.2 Å². The van der Waals surface area contributed by atoms with E-state index in [0.717, 1.165) is 30.8 Å². The van der Waals surface area contributed by atoms with Crippen LogP contribution in [0.2, 0.25) is 5.02 Å². The van der Waals surface area contributed by atoms with Gasteiger partial charge in [-0.05, 0) is 49.2 Å². The summed E-state index contributed by atoms with van der Waals surface area (Å²) in [6, 6.07) is 12.2. The second-order valence-corrected chi connectivity index (χ2v) is 8.46. The molecule has 3 amide bonds. The minimum absolute atomic E-state index is 0.0309. The Kier molecular flexibility index (Phi) is 5.78. The van der Waals surface area contributed by atoms with Gasteiger partial charge in [-0.3, -0.25) is 14.4 Å². The van der Waals surface area contributed by atoms with Crippen molar-refractivity contribution in [3.05, 3.63) is 53.1 Å². The van der Waals surface area contributed by atoms with Crippen LogP contribution in [0, 0.1) is 0 Å². The zero-order valence-electron chi connectivity index (χ0n) is 15.7. The first-order chi connectivity index (χ1) is 14.0. The quantitative estimate of drug-likeness (QED) is 0.805. The molecule has 29 heavy (non-hydrogen) atoms. The molecule has 150 valence electrons. The lowest BCUT2D eigenvalue weighted by Gasteiger charge is -2.29. The van der Waals surface area contributed by atoms with Gasteiger partial charge in [0.25, 0.3) is 5.91 Å². The fraction of sp³-hybridized carbons (Fsp3) is 0.286. The largest absolute Gasteiger partial charge is 0.339 e. The van der Waals surface area contributed by atoms with Crippen LogP contribution in [0.15, 0.2) is 47.4 Å². The summed E-state index contributed by atoms with van der Waals surface area (Å²) < 4.78 is 0. The van der Waals surface area contributed by atoms with Gasteiger partial charge in [0, 0.05) is 34.3 Å². The average Bonchev–Trinajstić information content (AvgIpc) is 3.24. The number of carbonyl (C=O) groups excluding carboxylic acids is 3. The standard InChI is InChI=1S/C21H20ClN3O3S/c22-15-4-3-5-16(11-15)23-19(26)12-25-17-10-14(21(28)24-8-1-2-9-24)6-7-18(17)29-13-20(25)27/h3-7,10-11H,1-2,8-9,12-13H2,(H,23,26). The summed E-state index contributed by atoms with van der Waals surface area (Å²) >= 11 is 7.38. The number of hydrogen-bond donors (Lipinski definition) is 1. The molecule has 2 heterocycles. The van der Waals surface area contributed by atoms with Crippen LogP contribution in [0.5, 0.6) is 0 Å². The van der Waals surface area contributed by atoms with Gasteiger partial charge in [0.15, 0.2) is 0 Å². The Labute approximate surface area is 178 Å². The molecule has 0 unspecified atom stereocenters. The van der Waals surface area contributed by atoms with Crippen molar-refractivity contribution < 1.29 is 14.4 Å². The number of hydrogen-bond acceptors (Lipinski definition) is 4. The van der Waals surface area contributed by atoms with E-state index in [1.807, 2.05) is 11.0 Å². The second-order valence-electron chi connectivity index (χ2n) is 7.01. The summed E-state index contributed by atoms with van der Waals surface area (Å²) in [7, 11) is 0. The lowest BCUT2D eigenvalue weighted by molar-refractivity contribution is -0.120. The predicted molar refractivity (Wildman–Crippen MR) is 115 cm³/mol. The summed E-state index contributed by atoms with van der Waals surface area (Å²) in [4.78, 5) is 42.0. The summed E-state index contributed by atoms with van der Waals surface area (Å²) in [6.45, 7) is 1.39. The van der Waals surface area contributed by atoms with Gasteiger partial charge in [-0.25, -0.2) is 0 Å². The van der Waals surface area contributed by atoms with Gasteiger partial charge in [0.1, 0.15) is 6.54 Å². The first-order valence-electron chi connectivity index (χ1n) is 9.43. The number of nitrogens with zero attached hydrogens (tertiary/aromatic N) is 2. The Morgan fingerprint density at radius 1 is 1.10 bits per heavy atom. The van der Waals surface area contributed by atoms with Crippen molar-refractivity contribution in [3.63, 3.8) is 0 Å². The number of halogens is 1. The van der Waals surface area contributed by atoms with E-state index in [9.17, 15) is 14.4 Å². The van der Waals surface area contributed by atoms with Crippen molar-refractivity contribution >= 4 is 52.5 Å². The minimum Gasteiger partial charge on any atom is -0.339 e. The molecule has 0 bridgehead atoms. The number of rotatable bonds is 4. The normalized spacial score (nSPS) is 16.0. The molecule has 0 atom stereocenters. The molecular weight excluding hydrogens is 410 g/mol. The van der Waals surface area contributed by atoms with E-state index in [2.05, 4.69) is 5.32 Å². The van der Waals surface area contributed by atoms with Crippen LogP contribution in [0.25, 0.3) is 0 Å². The van der Waals surface area contributed by atoms with E-state index in [1.165, 1.54) is 16.7 Å². The van der Waals surface area contributed by atoms with Crippen molar-refractivity contribution in [1.82, 2.24) is 4.90 Å². The zero-order chi connectivity index (χ0) is 20.4. The number of carbonyl (C=O) groups is 3. The van der Waals surface area contributed by atoms with E-state index in [0.29, 0.717) is 22.0 Å². The number of amides is 3. The van der Waals surface area contributed by atoms with Crippen LogP contribution in [0.4, 0.5) is 11.4 Å². The third-order valence-corrected chi connectivity index (χ3v) is 6.23. The van der Waals surface area contributed by atoms with Crippen LogP contribution in [-0.4, -0.2) is 48.0 Å². The molecule has 1 saturated heterocycles. The predicted octanol–water partition coefficient (Wildman–Crippen LogP) is 3.65. The SMILES string of the molecule is O=C(CN1C(=O)CSc2ccc(C(=O)N3CCCC3)cc21)Nc1cccc(Cl)c1. The van der Waals surface area contributed by atoms with Crippen molar-refractivity contribution in [3.8, 4) is 0 Å². The smallest absolute Gasteiger partial charge is 0.253 e. The minimum atomic E-state index is -0.324. The third kappa shape index (κ3) is 4.41. The van der Waals surface area contributed by atoms with E-state index >= 15 is 0 Å². The highest BCUT2D eigenvalue weighted by Gasteiger charge is 2.28. The van der Waals surface area contributed by atoms with E-state index in [4.69, 9.17) is 11.6 Å². The average molecular weight is 430 g/mol. The van der Waals surface area contributed by atoms with Gasteiger partial charge in [0.2, 0.25) is 11.8 Å². The van der Waals surface area contributed by atoms with E-state index < -0.39 is 0 Å². The highest BCUT2D eigenvalue weighted by atomic mass is 35.5. The van der Waals surface area contributed by atoms with Gasteiger partial charge in [-0.15, -0.1) is 11.8 Å². The third-order valence-electron chi connectivity index (χ3n) is 4.95. The Morgan fingerprint density at radius 2 is 1.90 bits per heavy atom. The van der Waals surface area contributed by atoms with Gasteiger partial charge in [-0.2, -0.15) is 0 Å². The van der Waals surface area contributed by atoms with Crippen LogP contribution in [0.3, 0.4) is 0 Å². The van der Waals surface area contributed by atoms with Gasteiger partial charge in [0.05, 0.1) is 11.4 Å². The summed E-state index contributed by atoms with van der Waals surface area (Å²) in [6.07, 6.45) is 2.03. The Morgan fingerprint density at radius 3 is 2.66 bits per heavy atom. The number of nitrogens with one attached hydrogen (secondary N) is 1. The first kappa shape index (κ1) is 19.8. The fourth-order valence-corrected chi connectivity index (χ4v) is 4.63. The van der Waals surface area contributed by atoms with Gasteiger partial charge in [-0.1, -0.05) is 17.7 Å². The number of benzene rings is 2. The molecule has 1 N–H and O–H groups in total. The molecule has 8 heteroatoms. The first-order valence-corrected chi connectivity index (χ1v) is 10.8. The van der Waals surface area contributed by atoms with Crippen LogP contribution in [-0.2, 0) is 9.59 Å². The lowest BCUT2D eigenvalue weighted by Crippen LogP contribution is -2.41. The molecule has 0 aliphatic carbocycles. The zero-order valence-corrected chi connectivity index (χ0v) is 17.3. The molecule has 0 saturated carbocycles. The number of anilines is 2. The van der Waals surface area contributed by atoms with Crippen molar-refractivity contribution in [2.75, 3.05) is 35.6 Å². The van der Waals surface area contributed by atoms with Crippen LogP contribution in [0.1, 0.15) is 23.2 Å². The topological polar surface area (TPSA) is 69.7 Å². The molecule has 4 rings (SSSR count). The molecule has 2 aromatic rings. The van der Waals surface area contributed by atoms with E-state index in [1.54, 1.807) is 36.4 Å². The maximum Gasteiger partial charge on any atom is 0.253 e. The Hall–Kier alpha value is -2.51. The lowest BCUT2D eigenvalue weighted by atomic mass is 10.1. The molecule has 0 aromatic heterocycles. The monoisotopic (exact) mass is 429 g/mol. The highest BCUT2D eigenvalue weighted by molar-refractivity contribution is 8.00. The maximum absolute atomic E-state index is 12.7. The van der Waals surface area contributed by atoms with Crippen molar-refractivity contribution in [2.45, 2.75) is 17.7 Å². The summed E-state index contributed by atoms with van der Waals surface area (Å²) in [5.41, 5.74) is 1.72. The molecule has 6 nitrogen and oxygen atoms in total. The maximum atomic E-state index is 12.7.